The van der Waals surface area contributed by atoms with E-state index in [9.17, 15) is 4.79 Å². The molecule has 0 amide bonds. The molecule has 0 saturated heterocycles. The van der Waals surface area contributed by atoms with Crippen LogP contribution in [0.3, 0.4) is 0 Å². The molecule has 2 atom stereocenters. The maximum Gasteiger partial charge on any atom is 0.316 e. The van der Waals surface area contributed by atoms with Crippen LogP contribution in [-0.2, 0) is 9.53 Å². The van der Waals surface area contributed by atoms with E-state index in [0.29, 0.717) is 0 Å². The van der Waals surface area contributed by atoms with E-state index in [1.54, 1.807) is 0 Å². The van der Waals surface area contributed by atoms with Crippen LogP contribution >= 0.6 is 11.8 Å². The van der Waals surface area contributed by atoms with Crippen LogP contribution in [0.1, 0.15) is 34.1 Å². The van der Waals surface area contributed by atoms with Crippen LogP contribution in [0.25, 0.3) is 0 Å². The van der Waals surface area contributed by atoms with Crippen molar-refractivity contribution in [2.24, 2.45) is 5.73 Å². The number of rotatable bonds is 6. The summed E-state index contributed by atoms with van der Waals surface area (Å²) in [5.74, 6) is -0.0322. The molecule has 0 saturated carbocycles. The lowest BCUT2D eigenvalue weighted by Crippen LogP contribution is -2.35. The Bertz CT molecular complexity index is 216. The molecule has 16 heavy (non-hydrogen) atoms. The number of aliphatic hydroxyl groups is 1. The first-order chi connectivity index (χ1) is 7.30. The summed E-state index contributed by atoms with van der Waals surface area (Å²) in [5.41, 5.74) is 5.35. The van der Waals surface area contributed by atoms with Crippen LogP contribution in [-0.4, -0.2) is 40.3 Å². The second kappa shape index (κ2) is 7.14. The first-order valence-corrected chi connectivity index (χ1v) is 6.55. The third kappa shape index (κ3) is 7.09. The molecule has 0 aliphatic carbocycles. The minimum absolute atomic E-state index is 0.0114. The minimum atomic E-state index is -0.459. The highest BCUT2D eigenvalue weighted by atomic mass is 32.2. The van der Waals surface area contributed by atoms with Crippen molar-refractivity contribution in [3.63, 3.8) is 0 Å². The Balaban J connectivity index is 3.98. The van der Waals surface area contributed by atoms with Crippen molar-refractivity contribution in [3.05, 3.63) is 0 Å². The molecule has 5 heteroatoms. The lowest BCUT2D eigenvalue weighted by Gasteiger charge is -2.22. The van der Waals surface area contributed by atoms with Crippen molar-refractivity contribution in [2.45, 2.75) is 51.0 Å². The maximum absolute atomic E-state index is 11.4. The number of carbonyl (C=O) groups is 1. The monoisotopic (exact) mass is 249 g/mol. The third-order valence-electron chi connectivity index (χ3n) is 1.96. The van der Waals surface area contributed by atoms with Gasteiger partial charge in [-0.15, -0.1) is 11.8 Å². The summed E-state index contributed by atoms with van der Waals surface area (Å²) in [7, 11) is 0. The Morgan fingerprint density at radius 3 is 2.44 bits per heavy atom. The standard InChI is InChI=1S/C11H23NO3S/c1-5-8(12)9(6-13)16-7-10(14)15-11(2,3)4/h8-9,13H,5-7,12H2,1-4H3. The Labute approximate surface area is 102 Å². The van der Waals surface area contributed by atoms with Gasteiger partial charge in [-0.05, 0) is 27.2 Å². The number of hydrogen-bond acceptors (Lipinski definition) is 5. The smallest absolute Gasteiger partial charge is 0.316 e. The molecular weight excluding hydrogens is 226 g/mol. The highest BCUT2D eigenvalue weighted by molar-refractivity contribution is 8.00. The number of hydrogen-bond donors (Lipinski definition) is 2. The van der Waals surface area contributed by atoms with E-state index in [-0.39, 0.29) is 29.6 Å². The van der Waals surface area contributed by atoms with Gasteiger partial charge in [-0.3, -0.25) is 4.79 Å². The number of carbonyl (C=O) groups excluding carboxylic acids is 1. The van der Waals surface area contributed by atoms with E-state index in [1.807, 2.05) is 27.7 Å². The van der Waals surface area contributed by atoms with E-state index >= 15 is 0 Å². The van der Waals surface area contributed by atoms with Crippen LogP contribution in [0.4, 0.5) is 0 Å². The van der Waals surface area contributed by atoms with Crippen LogP contribution < -0.4 is 5.73 Å². The van der Waals surface area contributed by atoms with Gasteiger partial charge in [0.25, 0.3) is 0 Å². The number of nitrogens with two attached hydrogens (primary N) is 1. The number of ether oxygens (including phenoxy) is 1. The molecule has 0 spiro atoms. The fraction of sp³-hybridized carbons (Fsp3) is 0.909. The predicted octanol–water partition coefficient (Wildman–Crippen LogP) is 1.16. The van der Waals surface area contributed by atoms with Crippen LogP contribution in [0.2, 0.25) is 0 Å². The molecule has 96 valence electrons. The van der Waals surface area contributed by atoms with Crippen LogP contribution in [0, 0.1) is 0 Å². The highest BCUT2D eigenvalue weighted by Gasteiger charge is 2.20. The lowest BCUT2D eigenvalue weighted by atomic mass is 10.2. The molecule has 0 fully saturated rings. The van der Waals surface area contributed by atoms with Gasteiger partial charge in [-0.1, -0.05) is 6.92 Å². The predicted molar refractivity (Wildman–Crippen MR) is 67.4 cm³/mol. The molecule has 0 aliphatic rings. The molecule has 3 N–H and O–H groups in total. The average Bonchev–Trinajstić information content (AvgIpc) is 2.15. The lowest BCUT2D eigenvalue weighted by molar-refractivity contribution is -0.151. The highest BCUT2D eigenvalue weighted by Crippen LogP contribution is 2.17. The molecule has 0 bridgehead atoms. The first kappa shape index (κ1) is 15.7. The van der Waals surface area contributed by atoms with Crippen molar-refractivity contribution in [1.82, 2.24) is 0 Å². The SMILES string of the molecule is CCC(N)C(CO)SCC(=O)OC(C)(C)C. The zero-order valence-electron chi connectivity index (χ0n) is 10.5. The molecule has 0 aromatic carbocycles. The summed E-state index contributed by atoms with van der Waals surface area (Å²) in [6.45, 7) is 7.44. The second-order valence-electron chi connectivity index (χ2n) is 4.69. The zero-order valence-corrected chi connectivity index (χ0v) is 11.3. The van der Waals surface area contributed by atoms with Gasteiger partial charge in [-0.2, -0.15) is 0 Å². The fourth-order valence-corrected chi connectivity index (χ4v) is 2.07. The summed E-state index contributed by atoms with van der Waals surface area (Å²) in [6.07, 6.45) is 0.784. The Morgan fingerprint density at radius 2 is 2.06 bits per heavy atom. The molecule has 0 aliphatic heterocycles. The minimum Gasteiger partial charge on any atom is -0.459 e. The number of aliphatic hydroxyl groups excluding tert-OH is 1. The molecule has 0 heterocycles. The van der Waals surface area contributed by atoms with E-state index in [1.165, 1.54) is 11.8 Å². The van der Waals surface area contributed by atoms with E-state index in [0.717, 1.165) is 6.42 Å². The Morgan fingerprint density at radius 1 is 1.50 bits per heavy atom. The quantitative estimate of drug-likeness (QED) is 0.691. The van der Waals surface area contributed by atoms with Crippen molar-refractivity contribution >= 4 is 17.7 Å². The molecule has 0 aromatic heterocycles. The molecule has 0 rings (SSSR count). The average molecular weight is 249 g/mol. The summed E-state index contributed by atoms with van der Waals surface area (Å²) in [5, 5.41) is 9.02. The fourth-order valence-electron chi connectivity index (χ4n) is 1.12. The van der Waals surface area contributed by atoms with Crippen LogP contribution in [0.15, 0.2) is 0 Å². The van der Waals surface area contributed by atoms with Gasteiger partial charge in [-0.25, -0.2) is 0 Å². The van der Waals surface area contributed by atoms with Gasteiger partial charge in [0, 0.05) is 11.3 Å². The normalized spacial score (nSPS) is 15.6. The van der Waals surface area contributed by atoms with Gasteiger partial charge in [0.1, 0.15) is 5.60 Å². The zero-order chi connectivity index (χ0) is 12.8. The summed E-state index contributed by atoms with van der Waals surface area (Å²) < 4.78 is 5.16. The van der Waals surface area contributed by atoms with Gasteiger partial charge in [0.2, 0.25) is 0 Å². The van der Waals surface area contributed by atoms with Crippen molar-refractivity contribution in [1.29, 1.82) is 0 Å². The Hall–Kier alpha value is -0.260. The molecule has 0 aromatic rings. The van der Waals surface area contributed by atoms with E-state index in [2.05, 4.69) is 0 Å². The summed E-state index contributed by atoms with van der Waals surface area (Å²) in [6, 6.07) is -0.0857. The molecular formula is C11H23NO3S. The van der Waals surface area contributed by atoms with Gasteiger partial charge in [0.15, 0.2) is 0 Å². The third-order valence-corrected chi connectivity index (χ3v) is 3.29. The summed E-state index contributed by atoms with van der Waals surface area (Å²) >= 11 is 1.35. The van der Waals surface area contributed by atoms with E-state index in [4.69, 9.17) is 15.6 Å². The topological polar surface area (TPSA) is 72.5 Å². The first-order valence-electron chi connectivity index (χ1n) is 5.50. The van der Waals surface area contributed by atoms with Gasteiger partial charge in [0.05, 0.1) is 12.4 Å². The largest absolute Gasteiger partial charge is 0.459 e. The maximum atomic E-state index is 11.4. The second-order valence-corrected chi connectivity index (χ2v) is 5.92. The number of thioether (sulfide) groups is 1. The Kier molecular flexibility index (Phi) is 7.03. The molecule has 4 nitrogen and oxygen atoms in total. The molecule has 2 unspecified atom stereocenters. The van der Waals surface area contributed by atoms with Crippen molar-refractivity contribution < 1.29 is 14.6 Å². The van der Waals surface area contributed by atoms with Crippen molar-refractivity contribution in [3.8, 4) is 0 Å². The van der Waals surface area contributed by atoms with E-state index < -0.39 is 5.60 Å². The van der Waals surface area contributed by atoms with Crippen LogP contribution in [0.5, 0.6) is 0 Å². The van der Waals surface area contributed by atoms with Gasteiger partial charge >= 0.3 is 5.97 Å². The molecule has 0 radical (unpaired) electrons. The van der Waals surface area contributed by atoms with Crippen molar-refractivity contribution in [2.75, 3.05) is 12.4 Å². The van der Waals surface area contributed by atoms with Gasteiger partial charge < -0.3 is 15.6 Å². The number of esters is 1. The summed E-state index contributed by atoms with van der Waals surface area (Å²) in [4.78, 5) is 11.4.